The number of carbonyl (C=O) groups is 1. The van der Waals surface area contributed by atoms with Crippen molar-refractivity contribution in [3.05, 3.63) is 0 Å². The lowest BCUT2D eigenvalue weighted by atomic mass is 9.94. The first-order valence-corrected chi connectivity index (χ1v) is 7.86. The van der Waals surface area contributed by atoms with Gasteiger partial charge >= 0.3 is 0 Å². The van der Waals surface area contributed by atoms with Crippen molar-refractivity contribution in [3.63, 3.8) is 0 Å². The van der Waals surface area contributed by atoms with Crippen molar-refractivity contribution in [3.8, 4) is 0 Å². The molecule has 0 atom stereocenters. The molecule has 0 radical (unpaired) electrons. The Kier molecular flexibility index (Phi) is 6.73. The number of carbonyl (C=O) groups excluding carboxylic acids is 1. The highest BCUT2D eigenvalue weighted by atomic mass is 16.2. The van der Waals surface area contributed by atoms with Crippen molar-refractivity contribution in [1.82, 2.24) is 9.80 Å². The number of hydrogen-bond donors (Lipinski definition) is 0. The Morgan fingerprint density at radius 2 is 1.30 bits per heavy atom. The predicted octanol–water partition coefficient (Wildman–Crippen LogP) is 3.78. The zero-order valence-electron chi connectivity index (χ0n) is 15.4. The quantitative estimate of drug-likeness (QED) is 0.767. The van der Waals surface area contributed by atoms with Crippen molar-refractivity contribution < 1.29 is 4.79 Å². The van der Waals surface area contributed by atoms with Gasteiger partial charge in [0.1, 0.15) is 0 Å². The monoisotopic (exact) mass is 284 g/mol. The molecule has 0 aliphatic carbocycles. The molecule has 0 aromatic rings. The van der Waals surface area contributed by atoms with Crippen LogP contribution in [0.2, 0.25) is 0 Å². The van der Waals surface area contributed by atoms with Crippen LogP contribution in [0.3, 0.4) is 0 Å². The van der Waals surface area contributed by atoms with E-state index in [1.165, 1.54) is 0 Å². The zero-order chi connectivity index (χ0) is 16.3. The molecule has 0 aromatic carbocycles. The molecule has 3 nitrogen and oxygen atoms in total. The van der Waals surface area contributed by atoms with E-state index in [-0.39, 0.29) is 22.9 Å². The maximum absolute atomic E-state index is 12.5. The fourth-order valence-corrected chi connectivity index (χ4v) is 2.61. The topological polar surface area (TPSA) is 23.6 Å². The van der Waals surface area contributed by atoms with Crippen LogP contribution in [-0.4, -0.2) is 46.4 Å². The maximum Gasteiger partial charge on any atom is 0.228 e. The molecule has 3 heteroatoms. The molecule has 0 rings (SSSR count). The normalized spacial score (nSPS) is 13.4. The van der Waals surface area contributed by atoms with Crippen molar-refractivity contribution >= 4 is 5.91 Å². The molecule has 0 spiro atoms. The molecule has 0 fully saturated rings. The molecule has 0 aliphatic rings. The van der Waals surface area contributed by atoms with Gasteiger partial charge in [-0.3, -0.25) is 9.69 Å². The summed E-state index contributed by atoms with van der Waals surface area (Å²) in [7, 11) is 0. The van der Waals surface area contributed by atoms with E-state index in [1.54, 1.807) is 0 Å². The fraction of sp³-hybridized carbons (Fsp3) is 0.941. The minimum absolute atomic E-state index is 0.127. The summed E-state index contributed by atoms with van der Waals surface area (Å²) in [5.41, 5.74) is -0.184. The minimum atomic E-state index is -0.311. The Bertz CT molecular complexity index is 308. The third kappa shape index (κ3) is 5.82. The van der Waals surface area contributed by atoms with E-state index in [9.17, 15) is 4.79 Å². The second-order valence-corrected chi connectivity index (χ2v) is 8.30. The van der Waals surface area contributed by atoms with E-state index in [0.717, 1.165) is 13.1 Å². The molecule has 0 saturated heterocycles. The van der Waals surface area contributed by atoms with Crippen LogP contribution in [0.4, 0.5) is 0 Å². The largest absolute Gasteiger partial charge is 0.339 e. The van der Waals surface area contributed by atoms with Crippen LogP contribution in [0, 0.1) is 5.41 Å². The number of amides is 1. The third-order valence-corrected chi connectivity index (χ3v) is 3.59. The summed E-state index contributed by atoms with van der Waals surface area (Å²) in [6.45, 7) is 23.0. The summed E-state index contributed by atoms with van der Waals surface area (Å²) < 4.78 is 0. The molecule has 0 unspecified atom stereocenters. The summed E-state index contributed by atoms with van der Waals surface area (Å²) in [4.78, 5) is 17.0. The summed E-state index contributed by atoms with van der Waals surface area (Å²) in [5.74, 6) is 0.241. The van der Waals surface area contributed by atoms with Gasteiger partial charge in [0, 0.05) is 36.1 Å². The fourth-order valence-electron chi connectivity index (χ4n) is 2.61. The summed E-state index contributed by atoms with van der Waals surface area (Å²) in [6.07, 6.45) is 0. The first-order valence-electron chi connectivity index (χ1n) is 7.86. The SMILES string of the molecule is CC(C)N(CCN(C(C)C)C(C)(C)C)C(=O)C(C)(C)C. The lowest BCUT2D eigenvalue weighted by Gasteiger charge is -2.41. The second kappa shape index (κ2) is 6.93. The van der Waals surface area contributed by atoms with E-state index in [0.29, 0.717) is 6.04 Å². The van der Waals surface area contributed by atoms with E-state index < -0.39 is 0 Å². The lowest BCUT2D eigenvalue weighted by Crippen LogP contribution is -2.52. The molecule has 0 aromatic heterocycles. The van der Waals surface area contributed by atoms with Gasteiger partial charge in [-0.1, -0.05) is 20.8 Å². The standard InChI is InChI=1S/C17H36N2O/c1-13(2)18(15(20)16(5,6)7)11-12-19(14(3)4)17(8,9)10/h13-14H,11-12H2,1-10H3. The summed E-state index contributed by atoms with van der Waals surface area (Å²) >= 11 is 0. The van der Waals surface area contributed by atoms with Gasteiger partial charge in [-0.05, 0) is 48.5 Å². The van der Waals surface area contributed by atoms with Gasteiger partial charge in [0.25, 0.3) is 0 Å². The summed E-state index contributed by atoms with van der Waals surface area (Å²) in [5, 5.41) is 0. The average Bonchev–Trinajstić information content (AvgIpc) is 2.18. The van der Waals surface area contributed by atoms with Crippen LogP contribution < -0.4 is 0 Å². The van der Waals surface area contributed by atoms with Crippen LogP contribution in [0.25, 0.3) is 0 Å². The Morgan fingerprint density at radius 3 is 1.55 bits per heavy atom. The Balaban J connectivity index is 4.91. The molecule has 120 valence electrons. The van der Waals surface area contributed by atoms with Crippen LogP contribution in [0.1, 0.15) is 69.2 Å². The first-order chi connectivity index (χ1) is 8.78. The lowest BCUT2D eigenvalue weighted by molar-refractivity contribution is -0.141. The molecule has 0 bridgehead atoms. The number of nitrogens with zero attached hydrogens (tertiary/aromatic N) is 2. The minimum Gasteiger partial charge on any atom is -0.339 e. The van der Waals surface area contributed by atoms with Crippen molar-refractivity contribution in [2.45, 2.75) is 86.9 Å². The van der Waals surface area contributed by atoms with Crippen LogP contribution in [-0.2, 0) is 4.79 Å². The van der Waals surface area contributed by atoms with Gasteiger partial charge in [0.15, 0.2) is 0 Å². The van der Waals surface area contributed by atoms with E-state index >= 15 is 0 Å². The van der Waals surface area contributed by atoms with Gasteiger partial charge in [-0.2, -0.15) is 0 Å². The van der Waals surface area contributed by atoms with Crippen LogP contribution in [0.15, 0.2) is 0 Å². The third-order valence-electron chi connectivity index (χ3n) is 3.59. The molecule has 0 heterocycles. The molecular formula is C17H36N2O. The second-order valence-electron chi connectivity index (χ2n) is 8.30. The molecule has 0 aliphatic heterocycles. The first kappa shape index (κ1) is 19.4. The Hall–Kier alpha value is -0.570. The van der Waals surface area contributed by atoms with Gasteiger partial charge < -0.3 is 4.90 Å². The van der Waals surface area contributed by atoms with E-state index in [1.807, 2.05) is 25.7 Å². The van der Waals surface area contributed by atoms with Crippen molar-refractivity contribution in [1.29, 1.82) is 0 Å². The molecular weight excluding hydrogens is 248 g/mol. The van der Waals surface area contributed by atoms with Crippen LogP contribution >= 0.6 is 0 Å². The molecule has 20 heavy (non-hydrogen) atoms. The van der Waals surface area contributed by atoms with Gasteiger partial charge in [-0.15, -0.1) is 0 Å². The Labute approximate surface area is 126 Å². The van der Waals surface area contributed by atoms with E-state index in [4.69, 9.17) is 0 Å². The summed E-state index contributed by atoms with van der Waals surface area (Å²) in [6, 6.07) is 0.726. The smallest absolute Gasteiger partial charge is 0.228 e. The maximum atomic E-state index is 12.5. The van der Waals surface area contributed by atoms with E-state index in [2.05, 4.69) is 53.4 Å². The van der Waals surface area contributed by atoms with Gasteiger partial charge in [-0.25, -0.2) is 0 Å². The number of rotatable bonds is 5. The highest BCUT2D eigenvalue weighted by Gasteiger charge is 2.30. The Morgan fingerprint density at radius 1 is 0.850 bits per heavy atom. The predicted molar refractivity (Wildman–Crippen MR) is 87.9 cm³/mol. The zero-order valence-corrected chi connectivity index (χ0v) is 15.4. The van der Waals surface area contributed by atoms with Crippen LogP contribution in [0.5, 0.6) is 0 Å². The molecule has 0 saturated carbocycles. The molecule has 1 amide bonds. The highest BCUT2D eigenvalue weighted by molar-refractivity contribution is 5.81. The highest BCUT2D eigenvalue weighted by Crippen LogP contribution is 2.21. The average molecular weight is 284 g/mol. The van der Waals surface area contributed by atoms with Gasteiger partial charge in [0.2, 0.25) is 5.91 Å². The number of hydrogen-bond acceptors (Lipinski definition) is 2. The van der Waals surface area contributed by atoms with Crippen molar-refractivity contribution in [2.75, 3.05) is 13.1 Å². The molecule has 0 N–H and O–H groups in total. The van der Waals surface area contributed by atoms with Gasteiger partial charge in [0.05, 0.1) is 0 Å². The van der Waals surface area contributed by atoms with Crippen molar-refractivity contribution in [2.24, 2.45) is 5.41 Å².